The minimum Gasteiger partial charge on any atom is -0.309 e. The van der Waals surface area contributed by atoms with Crippen molar-refractivity contribution in [2.75, 3.05) is 0 Å². The number of nitrogens with zero attached hydrogens (tertiary/aromatic N) is 7. The van der Waals surface area contributed by atoms with Crippen LogP contribution in [0.15, 0.2) is 261 Å². The van der Waals surface area contributed by atoms with Gasteiger partial charge < -0.3 is 13.7 Å². The SMILES string of the molecule is N#Cc1cc(-c2ccc(-c3cc(-c4ccccc4)nc(-c4ccccc4)n3)cc2)cc(C#N)c1-c1ccc(-n2c3ccc(-n4c5ccccc5c5ccccc54)cc3c3cc(-n4c5ccccc5c5ccccc54)ccc32)cc1. The predicted molar refractivity (Wildman–Crippen MR) is 322 cm³/mol. The van der Waals surface area contributed by atoms with Crippen molar-refractivity contribution < 1.29 is 0 Å². The molecule has 4 aromatic heterocycles. The molecule has 7 nitrogen and oxygen atoms in total. The van der Waals surface area contributed by atoms with E-state index in [1.54, 1.807) is 0 Å². The fraction of sp³-hybridized carbons (Fsp3) is 0. The summed E-state index contributed by atoms with van der Waals surface area (Å²) in [4.78, 5) is 9.97. The van der Waals surface area contributed by atoms with Crippen molar-refractivity contribution in [1.82, 2.24) is 23.7 Å². The fourth-order valence-corrected chi connectivity index (χ4v) is 11.9. The summed E-state index contributed by atoms with van der Waals surface area (Å²) in [6, 6.07) is 95.4. The van der Waals surface area contributed by atoms with Crippen molar-refractivity contribution in [2.45, 2.75) is 0 Å². The third kappa shape index (κ3) is 7.41. The maximum absolute atomic E-state index is 10.8. The van der Waals surface area contributed by atoms with E-state index in [1.807, 2.05) is 103 Å². The summed E-state index contributed by atoms with van der Waals surface area (Å²) in [6.45, 7) is 0. The molecule has 7 heteroatoms. The topological polar surface area (TPSA) is 88.2 Å². The Hall–Kier alpha value is -11.1. The fourth-order valence-electron chi connectivity index (χ4n) is 11.9. The van der Waals surface area contributed by atoms with Gasteiger partial charge in [-0.15, -0.1) is 0 Å². The van der Waals surface area contributed by atoms with Crippen LogP contribution >= 0.6 is 0 Å². The van der Waals surface area contributed by atoms with Crippen molar-refractivity contribution in [2.24, 2.45) is 0 Å². The summed E-state index contributed by atoms with van der Waals surface area (Å²) in [7, 11) is 0. The molecule has 4 heterocycles. The third-order valence-electron chi connectivity index (χ3n) is 15.5. The summed E-state index contributed by atoms with van der Waals surface area (Å²) < 4.78 is 7.08. The van der Waals surface area contributed by atoms with Gasteiger partial charge in [-0.05, 0) is 108 Å². The summed E-state index contributed by atoms with van der Waals surface area (Å²) >= 11 is 0. The molecule has 0 spiro atoms. The number of aromatic nitrogens is 5. The first-order valence-electron chi connectivity index (χ1n) is 26.3. The molecule has 0 fully saturated rings. The van der Waals surface area contributed by atoms with E-state index in [1.165, 1.54) is 21.5 Å². The molecular formula is C72H43N7. The third-order valence-corrected chi connectivity index (χ3v) is 15.5. The Balaban J connectivity index is 0.828. The maximum atomic E-state index is 10.8. The molecule has 0 aliphatic heterocycles. The van der Waals surface area contributed by atoms with Gasteiger partial charge in [-0.1, -0.05) is 170 Å². The van der Waals surface area contributed by atoms with Gasteiger partial charge >= 0.3 is 0 Å². The van der Waals surface area contributed by atoms with Gasteiger partial charge in [0.2, 0.25) is 0 Å². The highest BCUT2D eigenvalue weighted by Gasteiger charge is 2.21. The van der Waals surface area contributed by atoms with Crippen molar-refractivity contribution in [3.8, 4) is 85.4 Å². The zero-order valence-electron chi connectivity index (χ0n) is 42.5. The summed E-state index contributed by atoms with van der Waals surface area (Å²) in [5, 5.41) is 28.7. The van der Waals surface area contributed by atoms with E-state index in [2.05, 4.69) is 184 Å². The molecule has 11 aromatic carbocycles. The van der Waals surface area contributed by atoms with Crippen LogP contribution in [0.1, 0.15) is 11.1 Å². The molecular weight excluding hydrogens is 963 g/mol. The average molecular weight is 1010 g/mol. The van der Waals surface area contributed by atoms with E-state index in [4.69, 9.17) is 9.97 Å². The van der Waals surface area contributed by atoms with Crippen molar-refractivity contribution >= 4 is 65.4 Å². The smallest absolute Gasteiger partial charge is 0.160 e. The Kier molecular flexibility index (Phi) is 10.5. The molecule has 0 unspecified atom stereocenters. The van der Waals surface area contributed by atoms with E-state index in [9.17, 15) is 10.5 Å². The first-order valence-corrected chi connectivity index (χ1v) is 26.3. The van der Waals surface area contributed by atoms with E-state index in [0.29, 0.717) is 22.5 Å². The van der Waals surface area contributed by atoms with Gasteiger partial charge in [-0.2, -0.15) is 10.5 Å². The van der Waals surface area contributed by atoms with Gasteiger partial charge in [0.15, 0.2) is 5.82 Å². The lowest BCUT2D eigenvalue weighted by Crippen LogP contribution is -1.97. The minimum atomic E-state index is 0.425. The number of hydrogen-bond acceptors (Lipinski definition) is 4. The van der Waals surface area contributed by atoms with Gasteiger partial charge in [0.1, 0.15) is 0 Å². The molecule has 0 atom stereocenters. The quantitative estimate of drug-likeness (QED) is 0.152. The second-order valence-electron chi connectivity index (χ2n) is 20.0. The molecule has 0 aliphatic carbocycles. The van der Waals surface area contributed by atoms with E-state index >= 15 is 0 Å². The van der Waals surface area contributed by atoms with Gasteiger partial charge in [0, 0.05) is 71.6 Å². The lowest BCUT2D eigenvalue weighted by atomic mass is 9.90. The van der Waals surface area contributed by atoms with Crippen molar-refractivity contribution in [1.29, 1.82) is 10.5 Å². The summed E-state index contributed by atoms with van der Waals surface area (Å²) in [5.74, 6) is 0.646. The molecule has 0 aliphatic rings. The monoisotopic (exact) mass is 1010 g/mol. The lowest BCUT2D eigenvalue weighted by Gasteiger charge is -2.14. The van der Waals surface area contributed by atoms with Gasteiger partial charge in [-0.25, -0.2) is 9.97 Å². The van der Waals surface area contributed by atoms with Crippen LogP contribution in [0.2, 0.25) is 0 Å². The molecule has 0 saturated heterocycles. The van der Waals surface area contributed by atoms with Gasteiger partial charge in [-0.3, -0.25) is 0 Å². The standard InChI is InChI=1S/C72H43N7/c73-44-52-39-51(46-27-29-48(30-28-46)64-43-63(47-15-3-1-4-16-47)75-72(76-64)50-17-5-2-6-18-50)40-53(45-74)71(52)49-31-33-54(34-32-49)77-69-37-35-55(78-65-23-11-7-19-57(65)58-20-8-12-24-66(58)78)41-61(69)62-42-56(36-38-70(62)77)79-67-25-13-9-21-59(67)60-22-10-14-26-68(60)79/h1-43H. The highest BCUT2D eigenvalue weighted by atomic mass is 15.0. The van der Waals surface area contributed by atoms with Crippen LogP contribution in [0, 0.1) is 22.7 Å². The van der Waals surface area contributed by atoms with Crippen LogP contribution in [-0.4, -0.2) is 23.7 Å². The normalized spacial score (nSPS) is 11.5. The molecule has 0 radical (unpaired) electrons. The Morgan fingerprint density at radius 3 is 1.08 bits per heavy atom. The van der Waals surface area contributed by atoms with Crippen LogP contribution in [0.4, 0.5) is 0 Å². The van der Waals surface area contributed by atoms with Crippen molar-refractivity contribution in [3.05, 3.63) is 272 Å². The second-order valence-corrected chi connectivity index (χ2v) is 20.0. The average Bonchev–Trinajstić information content (AvgIpc) is 4.38. The van der Waals surface area contributed by atoms with Crippen molar-refractivity contribution in [3.63, 3.8) is 0 Å². The number of fused-ring (bicyclic) bond motifs is 9. The number of hydrogen-bond donors (Lipinski definition) is 0. The zero-order valence-corrected chi connectivity index (χ0v) is 42.5. The number of para-hydroxylation sites is 4. The van der Waals surface area contributed by atoms with Crippen LogP contribution in [0.3, 0.4) is 0 Å². The van der Waals surface area contributed by atoms with Crippen LogP contribution < -0.4 is 0 Å². The molecule has 0 bridgehead atoms. The molecule has 15 rings (SSSR count). The largest absolute Gasteiger partial charge is 0.309 e. The van der Waals surface area contributed by atoms with E-state index in [-0.39, 0.29) is 0 Å². The zero-order chi connectivity index (χ0) is 52.6. The maximum Gasteiger partial charge on any atom is 0.160 e. The Morgan fingerprint density at radius 1 is 0.266 bits per heavy atom. The van der Waals surface area contributed by atoms with Gasteiger partial charge in [0.05, 0.1) is 67.8 Å². The molecule has 79 heavy (non-hydrogen) atoms. The molecule has 0 saturated carbocycles. The summed E-state index contributed by atoms with van der Waals surface area (Å²) in [5.41, 5.74) is 18.3. The highest BCUT2D eigenvalue weighted by molar-refractivity contribution is 6.14. The number of benzene rings is 11. The first-order chi connectivity index (χ1) is 39.1. The Labute approximate surface area is 454 Å². The van der Waals surface area contributed by atoms with Crippen LogP contribution in [0.5, 0.6) is 0 Å². The minimum absolute atomic E-state index is 0.425. The highest BCUT2D eigenvalue weighted by Crippen LogP contribution is 2.41. The molecule has 0 amide bonds. The first kappa shape index (κ1) is 45.3. The molecule has 15 aromatic rings. The van der Waals surface area contributed by atoms with Crippen LogP contribution in [-0.2, 0) is 0 Å². The Morgan fingerprint density at radius 2 is 0.620 bits per heavy atom. The number of nitriles is 2. The number of rotatable bonds is 8. The van der Waals surface area contributed by atoms with Crippen LogP contribution in [0.25, 0.3) is 139 Å². The summed E-state index contributed by atoms with van der Waals surface area (Å²) in [6.07, 6.45) is 0. The van der Waals surface area contributed by atoms with Gasteiger partial charge in [0.25, 0.3) is 0 Å². The molecule has 366 valence electrons. The van der Waals surface area contributed by atoms with E-state index in [0.717, 1.165) is 106 Å². The second kappa shape index (κ2) is 18.3. The molecule has 0 N–H and O–H groups in total. The predicted octanol–water partition coefficient (Wildman–Crippen LogP) is 17.8. The Bertz CT molecular complexity index is 4640. The lowest BCUT2D eigenvalue weighted by molar-refractivity contribution is 1.16. The van der Waals surface area contributed by atoms with E-state index < -0.39 is 0 Å².